The summed E-state index contributed by atoms with van der Waals surface area (Å²) in [6.07, 6.45) is 0.596. The summed E-state index contributed by atoms with van der Waals surface area (Å²) in [6.45, 7) is 3.60. The van der Waals surface area contributed by atoms with E-state index in [-0.39, 0.29) is 30.0 Å². The average molecular weight is 513 g/mol. The van der Waals surface area contributed by atoms with E-state index >= 15 is 0 Å². The predicted octanol–water partition coefficient (Wildman–Crippen LogP) is 3.87. The fraction of sp³-hybridized carbons (Fsp3) is 0.308. The number of non-ortho nitro benzene ring substituents is 1. The van der Waals surface area contributed by atoms with Crippen LogP contribution in [0.5, 0.6) is 0 Å². The van der Waals surface area contributed by atoms with Crippen LogP contribution in [-0.4, -0.2) is 48.0 Å². The molecule has 10 heteroatoms. The van der Waals surface area contributed by atoms with E-state index < -0.39 is 22.8 Å². The number of carbonyl (C=O) groups is 2. The molecule has 1 heterocycles. The maximum atomic E-state index is 13.2. The van der Waals surface area contributed by atoms with Crippen LogP contribution in [0.1, 0.15) is 30.9 Å². The van der Waals surface area contributed by atoms with Crippen molar-refractivity contribution in [3.05, 3.63) is 92.3 Å². The number of esters is 2. The Morgan fingerprint density at radius 2 is 1.75 bits per heavy atom. The van der Waals surface area contributed by atoms with E-state index in [0.717, 1.165) is 10.5 Å². The average Bonchev–Trinajstić information content (AvgIpc) is 2.86. The van der Waals surface area contributed by atoms with E-state index in [4.69, 9.17) is 14.6 Å². The number of dihydropyridines is 1. The predicted molar refractivity (Wildman–Crippen MR) is 135 cm³/mol. The number of hydrogen-bond donors (Lipinski definition) is 2. The second-order valence-electron chi connectivity index (χ2n) is 8.08. The molecule has 1 aliphatic rings. The van der Waals surface area contributed by atoms with Crippen LogP contribution in [0, 0.1) is 10.1 Å². The van der Waals surface area contributed by atoms with Crippen LogP contribution in [-0.2, 0) is 25.5 Å². The number of ether oxygens (including phenoxy) is 2. The molecule has 0 aliphatic carbocycles. The Bertz CT molecular complexity index is 1210. The maximum absolute atomic E-state index is 13.2. The number of benzene rings is 2. The van der Waals surface area contributed by atoms with Crippen molar-refractivity contribution in [2.45, 2.75) is 31.1 Å². The number of nitro benzene ring substituents is 1. The van der Waals surface area contributed by atoms with Gasteiger partial charge in [-0.05, 0) is 43.5 Å². The van der Waals surface area contributed by atoms with Crippen molar-refractivity contribution in [1.82, 2.24) is 5.32 Å². The van der Waals surface area contributed by atoms with Gasteiger partial charge in [0.15, 0.2) is 0 Å². The number of methoxy groups -OCH3 is 1. The summed E-state index contributed by atoms with van der Waals surface area (Å²) in [7, 11) is 1.24. The molecule has 0 spiro atoms. The molecule has 36 heavy (non-hydrogen) atoms. The molecule has 0 fully saturated rings. The number of rotatable bonds is 10. The van der Waals surface area contributed by atoms with Crippen molar-refractivity contribution >= 4 is 29.4 Å². The Morgan fingerprint density at radius 1 is 1.08 bits per heavy atom. The number of nitro groups is 1. The first-order valence-electron chi connectivity index (χ1n) is 11.3. The third-order valence-corrected chi connectivity index (χ3v) is 6.69. The van der Waals surface area contributed by atoms with Crippen LogP contribution in [0.15, 0.2) is 76.0 Å². The molecule has 0 amide bonds. The number of thioether (sulfide) groups is 1. The van der Waals surface area contributed by atoms with Gasteiger partial charge in [0, 0.05) is 40.8 Å². The van der Waals surface area contributed by atoms with Crippen LogP contribution >= 0.6 is 11.8 Å². The molecule has 3 rings (SSSR count). The van der Waals surface area contributed by atoms with Gasteiger partial charge >= 0.3 is 11.9 Å². The van der Waals surface area contributed by atoms with Crippen molar-refractivity contribution in [1.29, 1.82) is 0 Å². The van der Waals surface area contributed by atoms with Crippen molar-refractivity contribution < 1.29 is 29.1 Å². The van der Waals surface area contributed by atoms with Crippen molar-refractivity contribution in [2.75, 3.05) is 26.1 Å². The first kappa shape index (κ1) is 27.0. The van der Waals surface area contributed by atoms with E-state index in [2.05, 4.69) is 5.32 Å². The van der Waals surface area contributed by atoms with E-state index in [0.29, 0.717) is 29.1 Å². The van der Waals surface area contributed by atoms with Crippen LogP contribution < -0.4 is 5.32 Å². The van der Waals surface area contributed by atoms with Gasteiger partial charge in [0.25, 0.3) is 5.69 Å². The topological polar surface area (TPSA) is 128 Å². The third kappa shape index (κ3) is 6.32. The minimum atomic E-state index is -0.891. The lowest BCUT2D eigenvalue weighted by Gasteiger charge is -2.30. The summed E-state index contributed by atoms with van der Waals surface area (Å²) in [4.78, 5) is 37.8. The quantitative estimate of drug-likeness (QED) is 0.160. The smallest absolute Gasteiger partial charge is 0.336 e. The minimum Gasteiger partial charge on any atom is -0.466 e. The first-order chi connectivity index (χ1) is 17.3. The Kier molecular flexibility index (Phi) is 9.26. The van der Waals surface area contributed by atoms with E-state index in [9.17, 15) is 19.7 Å². The fourth-order valence-electron chi connectivity index (χ4n) is 4.05. The van der Waals surface area contributed by atoms with E-state index in [1.165, 1.54) is 37.1 Å². The summed E-state index contributed by atoms with van der Waals surface area (Å²) in [5, 5.41) is 23.4. The molecule has 0 saturated carbocycles. The maximum Gasteiger partial charge on any atom is 0.336 e. The molecular formula is C26H28N2O7S. The Hall–Kier alpha value is -3.63. The summed E-state index contributed by atoms with van der Waals surface area (Å²) >= 11 is 1.52. The van der Waals surface area contributed by atoms with Crippen LogP contribution in [0.4, 0.5) is 5.69 Å². The molecule has 0 aromatic heterocycles. The summed E-state index contributed by atoms with van der Waals surface area (Å²) < 4.78 is 10.5. The highest BCUT2D eigenvalue weighted by atomic mass is 32.2. The highest BCUT2D eigenvalue weighted by molar-refractivity contribution is 7.99. The number of hydrogen-bond acceptors (Lipinski definition) is 9. The Labute approximate surface area is 213 Å². The van der Waals surface area contributed by atoms with Gasteiger partial charge in [0.1, 0.15) is 6.61 Å². The number of aliphatic hydroxyl groups excluding tert-OH is 1. The molecule has 9 nitrogen and oxygen atoms in total. The largest absolute Gasteiger partial charge is 0.466 e. The van der Waals surface area contributed by atoms with Gasteiger partial charge in [0.2, 0.25) is 0 Å². The van der Waals surface area contributed by atoms with Gasteiger partial charge in [-0.2, -0.15) is 0 Å². The molecule has 2 aromatic carbocycles. The lowest BCUT2D eigenvalue weighted by molar-refractivity contribution is -0.384. The summed E-state index contributed by atoms with van der Waals surface area (Å²) in [6, 6.07) is 13.6. The number of allylic oxidation sites excluding steroid dienone is 2. The Balaban J connectivity index is 1.80. The second kappa shape index (κ2) is 12.4. The van der Waals surface area contributed by atoms with Gasteiger partial charge in [-0.1, -0.05) is 24.3 Å². The standard InChI is InChI=1S/C26H28N2O7S/c1-16-22(25(30)34-3)24(19-5-4-6-20(15-19)28(32)33)23(17(2)27-16)26(31)35-13-14-36-21-9-7-18(8-10-21)11-12-29/h4-10,15,24,27,29H,11-14H2,1-3H3. The molecule has 0 radical (unpaired) electrons. The minimum absolute atomic E-state index is 0.0935. The number of aliphatic hydroxyl groups is 1. The molecule has 2 N–H and O–H groups in total. The van der Waals surface area contributed by atoms with Gasteiger partial charge in [0.05, 0.1) is 29.1 Å². The zero-order valence-corrected chi connectivity index (χ0v) is 21.1. The molecular weight excluding hydrogens is 484 g/mol. The molecule has 1 unspecified atom stereocenters. The molecule has 190 valence electrons. The highest BCUT2D eigenvalue weighted by Crippen LogP contribution is 2.40. The second-order valence-corrected chi connectivity index (χ2v) is 9.25. The molecule has 0 saturated heterocycles. The van der Waals surface area contributed by atoms with Gasteiger partial charge < -0.3 is 19.9 Å². The van der Waals surface area contributed by atoms with Gasteiger partial charge in [-0.25, -0.2) is 9.59 Å². The molecule has 0 bridgehead atoms. The van der Waals surface area contributed by atoms with Crippen LogP contribution in [0.2, 0.25) is 0 Å². The monoisotopic (exact) mass is 512 g/mol. The first-order valence-corrected chi connectivity index (χ1v) is 12.3. The fourth-order valence-corrected chi connectivity index (χ4v) is 4.78. The zero-order valence-electron chi connectivity index (χ0n) is 20.3. The van der Waals surface area contributed by atoms with Gasteiger partial charge in [-0.15, -0.1) is 11.8 Å². The number of nitrogens with one attached hydrogen (secondary N) is 1. The normalized spacial score (nSPS) is 15.4. The zero-order chi connectivity index (χ0) is 26.2. The molecule has 2 aromatic rings. The summed E-state index contributed by atoms with van der Waals surface area (Å²) in [5.74, 6) is -1.65. The van der Waals surface area contributed by atoms with Crippen molar-refractivity contribution in [3.8, 4) is 0 Å². The van der Waals surface area contributed by atoms with E-state index in [1.54, 1.807) is 19.9 Å². The lowest BCUT2D eigenvalue weighted by Crippen LogP contribution is -2.32. The van der Waals surface area contributed by atoms with Crippen molar-refractivity contribution in [3.63, 3.8) is 0 Å². The molecule has 1 atom stereocenters. The lowest BCUT2D eigenvalue weighted by atomic mass is 9.80. The van der Waals surface area contributed by atoms with Crippen LogP contribution in [0.25, 0.3) is 0 Å². The van der Waals surface area contributed by atoms with E-state index in [1.807, 2.05) is 24.3 Å². The number of nitrogens with zero attached hydrogens (tertiary/aromatic N) is 1. The van der Waals surface area contributed by atoms with Crippen LogP contribution in [0.3, 0.4) is 0 Å². The Morgan fingerprint density at radius 3 is 2.36 bits per heavy atom. The highest BCUT2D eigenvalue weighted by Gasteiger charge is 2.38. The molecule has 1 aliphatic heterocycles. The van der Waals surface area contributed by atoms with Crippen molar-refractivity contribution in [2.24, 2.45) is 0 Å². The summed E-state index contributed by atoms with van der Waals surface area (Å²) in [5.41, 5.74) is 2.67. The third-order valence-electron chi connectivity index (χ3n) is 5.71. The SMILES string of the molecule is COC(=O)C1=C(C)NC(C)=C(C(=O)OCCSc2ccc(CCO)cc2)C1c1cccc([N+](=O)[O-])c1. The number of carbonyl (C=O) groups excluding carboxylic acids is 2. The van der Waals surface area contributed by atoms with Gasteiger partial charge in [-0.3, -0.25) is 10.1 Å².